The van der Waals surface area contributed by atoms with Crippen LogP contribution in [0.3, 0.4) is 0 Å². The number of rotatable bonds is 9. The molecular weight excluding hydrogens is 445 g/mol. The third kappa shape index (κ3) is 6.76. The van der Waals surface area contributed by atoms with Gasteiger partial charge in [-0.25, -0.2) is 8.78 Å². The van der Waals surface area contributed by atoms with Gasteiger partial charge in [0.15, 0.2) is 0 Å². The third-order valence-corrected chi connectivity index (χ3v) is 8.06. The summed E-state index contributed by atoms with van der Waals surface area (Å²) in [4.78, 5) is 13.0. The van der Waals surface area contributed by atoms with Gasteiger partial charge in [0.2, 0.25) is 0 Å². The third-order valence-electron chi connectivity index (χ3n) is 6.27. The Bertz CT molecular complexity index is 761. The molecule has 0 aliphatic carbocycles. The highest BCUT2D eigenvalue weighted by molar-refractivity contribution is 6.76. The number of piperidine rings is 1. The van der Waals surface area contributed by atoms with Crippen molar-refractivity contribution in [1.29, 1.82) is 0 Å². The molecule has 3 atom stereocenters. The first kappa shape index (κ1) is 26.8. The molecule has 0 amide bonds. The lowest BCUT2D eigenvalue weighted by Crippen LogP contribution is -2.55. The number of halogens is 5. The van der Waals surface area contributed by atoms with Gasteiger partial charge in [-0.2, -0.15) is 13.2 Å². The van der Waals surface area contributed by atoms with Gasteiger partial charge in [0.1, 0.15) is 0 Å². The molecule has 1 saturated heterocycles. The molecule has 0 spiro atoms. The van der Waals surface area contributed by atoms with E-state index in [1.54, 1.807) is 4.90 Å². The summed E-state index contributed by atoms with van der Waals surface area (Å²) in [6, 6.07) is 3.30. The summed E-state index contributed by atoms with van der Waals surface area (Å²) in [5, 5.41) is 9.15. The number of alkyl halides is 5. The second kappa shape index (κ2) is 10.2. The molecule has 3 nitrogen and oxygen atoms in total. The summed E-state index contributed by atoms with van der Waals surface area (Å²) < 4.78 is 70.5. The van der Waals surface area contributed by atoms with Gasteiger partial charge in [0, 0.05) is 20.0 Å². The lowest BCUT2D eigenvalue weighted by atomic mass is 9.80. The number of carbonyl (C=O) groups is 1. The first-order valence-corrected chi connectivity index (χ1v) is 14.9. The predicted octanol–water partition coefficient (Wildman–Crippen LogP) is 7.08. The predicted molar refractivity (Wildman–Crippen MR) is 118 cm³/mol. The summed E-state index contributed by atoms with van der Waals surface area (Å²) in [6.45, 7) is 8.95. The molecule has 0 radical (unpaired) electrons. The molecule has 1 heterocycles. The van der Waals surface area contributed by atoms with Gasteiger partial charge in [0.25, 0.3) is 5.92 Å². The summed E-state index contributed by atoms with van der Waals surface area (Å²) in [7, 11) is -1.43. The average Bonchev–Trinajstić information content (AvgIpc) is 2.65. The molecule has 0 bridgehead atoms. The van der Waals surface area contributed by atoms with E-state index in [9.17, 15) is 18.0 Å². The summed E-state index contributed by atoms with van der Waals surface area (Å²) in [5.41, 5.74) is -0.787. The molecule has 9 heteroatoms. The zero-order chi connectivity index (χ0) is 24.3. The first-order valence-electron chi connectivity index (χ1n) is 11.2. The number of nitrogens with zero attached hydrogens (tertiary/aromatic N) is 1. The van der Waals surface area contributed by atoms with Crippen LogP contribution in [0, 0.1) is 5.92 Å². The number of carboxylic acids is 1. The van der Waals surface area contributed by atoms with Crippen molar-refractivity contribution in [3.63, 3.8) is 0 Å². The number of hydrogen-bond acceptors (Lipinski definition) is 2. The van der Waals surface area contributed by atoms with Crippen molar-refractivity contribution in [2.75, 3.05) is 6.54 Å². The number of carboxylic acid groups (broad SMARTS) is 1. The second-order valence-corrected chi connectivity index (χ2v) is 15.7. The lowest BCUT2D eigenvalue weighted by molar-refractivity contribution is -0.176. The quantitative estimate of drug-likeness (QED) is 0.304. The van der Waals surface area contributed by atoms with Crippen LogP contribution in [0.25, 0.3) is 0 Å². The summed E-state index contributed by atoms with van der Waals surface area (Å²) >= 11 is 0. The van der Waals surface area contributed by atoms with Crippen LogP contribution < -0.4 is 0 Å². The van der Waals surface area contributed by atoms with Crippen LogP contribution in [0.4, 0.5) is 22.0 Å². The molecule has 1 aliphatic rings. The van der Waals surface area contributed by atoms with Crippen molar-refractivity contribution in [3.8, 4) is 0 Å². The maximum Gasteiger partial charge on any atom is 0.416 e. The Hall–Kier alpha value is -1.48. The Morgan fingerprint density at radius 2 is 1.78 bits per heavy atom. The maximum absolute atomic E-state index is 15.7. The number of likely N-dealkylation sites (tertiary alicyclic amines) is 1. The van der Waals surface area contributed by atoms with Gasteiger partial charge in [-0.3, -0.25) is 9.69 Å². The van der Waals surface area contributed by atoms with E-state index in [0.717, 1.165) is 43.2 Å². The molecule has 0 aromatic heterocycles. The highest BCUT2D eigenvalue weighted by Gasteiger charge is 2.55. The minimum atomic E-state index is -4.55. The number of benzene rings is 1. The van der Waals surface area contributed by atoms with Crippen molar-refractivity contribution < 1.29 is 31.9 Å². The zero-order valence-electron chi connectivity index (χ0n) is 19.2. The second-order valence-electron chi connectivity index (χ2n) is 10.1. The van der Waals surface area contributed by atoms with Crippen LogP contribution >= 0.6 is 0 Å². The highest BCUT2D eigenvalue weighted by atomic mass is 28.3. The molecule has 1 fully saturated rings. The van der Waals surface area contributed by atoms with Crippen molar-refractivity contribution >= 4 is 14.0 Å². The van der Waals surface area contributed by atoms with Crippen molar-refractivity contribution in [3.05, 3.63) is 35.4 Å². The van der Waals surface area contributed by atoms with Gasteiger partial charge >= 0.3 is 12.1 Å². The van der Waals surface area contributed by atoms with E-state index in [1.807, 2.05) is 6.92 Å². The molecule has 0 unspecified atom stereocenters. The zero-order valence-corrected chi connectivity index (χ0v) is 20.2. The Balaban J connectivity index is 2.47. The molecule has 32 heavy (non-hydrogen) atoms. The van der Waals surface area contributed by atoms with E-state index >= 15 is 8.78 Å². The molecule has 0 saturated carbocycles. The van der Waals surface area contributed by atoms with Gasteiger partial charge in [-0.05, 0) is 43.5 Å². The normalized spacial score (nSPS) is 23.2. The fourth-order valence-corrected chi connectivity index (χ4v) is 5.79. The SMILES string of the molecule is CCC[C@@H](CC[Si](C)(C)C)N1CC[C@@H](CC(=O)O)C(F)(F)[C@H]1c1ccc(C(F)(F)F)cc1. The molecule has 1 N–H and O–H groups in total. The van der Waals surface area contributed by atoms with Crippen LogP contribution in [-0.2, 0) is 11.0 Å². The smallest absolute Gasteiger partial charge is 0.416 e. The standard InChI is InChI=1S/C23H34F5NO2Si/c1-5-6-19(12-14-32(2,3)4)29-13-11-18(15-20(30)31)22(24,25)21(29)16-7-9-17(10-8-16)23(26,27)28/h7-10,18-19,21H,5-6,11-15H2,1-4H3,(H,30,31)/t18-,19-,21+/m0/s1. The van der Waals surface area contributed by atoms with Crippen molar-refractivity contribution in [2.24, 2.45) is 5.92 Å². The average molecular weight is 480 g/mol. The minimum absolute atomic E-state index is 0.0452. The van der Waals surface area contributed by atoms with E-state index in [2.05, 4.69) is 19.6 Å². The minimum Gasteiger partial charge on any atom is -0.481 e. The van der Waals surface area contributed by atoms with E-state index in [0.29, 0.717) is 13.0 Å². The van der Waals surface area contributed by atoms with Gasteiger partial charge in [0.05, 0.1) is 18.0 Å². The summed E-state index contributed by atoms with van der Waals surface area (Å²) in [6.07, 6.45) is -2.91. The van der Waals surface area contributed by atoms with E-state index in [1.165, 1.54) is 0 Å². The fraction of sp³-hybridized carbons (Fsp3) is 0.696. The molecule has 1 aromatic carbocycles. The van der Waals surface area contributed by atoms with Crippen LogP contribution in [0.5, 0.6) is 0 Å². The number of hydrogen-bond donors (Lipinski definition) is 1. The molecule has 1 aromatic rings. The molecular formula is C23H34F5NO2Si. The molecule has 1 aliphatic heterocycles. The fourth-order valence-electron chi connectivity index (χ4n) is 4.59. The van der Waals surface area contributed by atoms with E-state index < -0.39 is 50.1 Å². The van der Waals surface area contributed by atoms with Crippen LogP contribution in [0.2, 0.25) is 25.7 Å². The van der Waals surface area contributed by atoms with Crippen LogP contribution in [0.1, 0.15) is 56.2 Å². The Morgan fingerprint density at radius 3 is 2.25 bits per heavy atom. The largest absolute Gasteiger partial charge is 0.481 e. The Labute approximate surface area is 188 Å². The van der Waals surface area contributed by atoms with Crippen molar-refractivity contribution in [1.82, 2.24) is 4.90 Å². The Kier molecular flexibility index (Phi) is 8.53. The summed E-state index contributed by atoms with van der Waals surface area (Å²) in [5.74, 6) is -6.03. The lowest BCUT2D eigenvalue weighted by Gasteiger charge is -2.49. The van der Waals surface area contributed by atoms with Gasteiger partial charge in [-0.15, -0.1) is 0 Å². The van der Waals surface area contributed by atoms with Crippen LogP contribution in [-0.4, -0.2) is 42.6 Å². The molecule has 2 rings (SSSR count). The van der Waals surface area contributed by atoms with Gasteiger partial charge in [-0.1, -0.05) is 51.2 Å². The van der Waals surface area contributed by atoms with E-state index in [-0.39, 0.29) is 18.0 Å². The van der Waals surface area contributed by atoms with E-state index in [4.69, 9.17) is 5.11 Å². The highest BCUT2D eigenvalue weighted by Crippen LogP contribution is 2.49. The van der Waals surface area contributed by atoms with Crippen molar-refractivity contribution in [2.45, 2.75) is 88.9 Å². The maximum atomic E-state index is 15.7. The van der Waals surface area contributed by atoms with Gasteiger partial charge < -0.3 is 5.11 Å². The Morgan fingerprint density at radius 1 is 1.19 bits per heavy atom. The monoisotopic (exact) mass is 479 g/mol. The topological polar surface area (TPSA) is 40.5 Å². The first-order chi connectivity index (χ1) is 14.7. The number of aliphatic carboxylic acids is 1. The van der Waals surface area contributed by atoms with Crippen LogP contribution in [0.15, 0.2) is 24.3 Å². The molecule has 182 valence electrons.